The average molecular weight is 254 g/mol. The molecule has 0 spiro atoms. The van der Waals surface area contributed by atoms with E-state index in [2.05, 4.69) is 36.1 Å². The Kier molecular flexibility index (Phi) is 3.87. The van der Waals surface area contributed by atoms with Gasteiger partial charge >= 0.3 is 0 Å². The van der Waals surface area contributed by atoms with Crippen molar-refractivity contribution in [3.63, 3.8) is 0 Å². The van der Waals surface area contributed by atoms with Crippen LogP contribution in [0, 0.1) is 5.92 Å². The van der Waals surface area contributed by atoms with Gasteiger partial charge in [-0.1, -0.05) is 25.4 Å². The highest BCUT2D eigenvalue weighted by molar-refractivity contribution is 6.29. The molecule has 0 aromatic carbocycles. The van der Waals surface area contributed by atoms with Gasteiger partial charge in [0, 0.05) is 18.0 Å². The fourth-order valence-corrected chi connectivity index (χ4v) is 2.24. The van der Waals surface area contributed by atoms with Crippen LogP contribution in [0.2, 0.25) is 5.15 Å². The summed E-state index contributed by atoms with van der Waals surface area (Å²) in [5, 5.41) is 3.94. The highest BCUT2D eigenvalue weighted by atomic mass is 35.5. The minimum absolute atomic E-state index is 0.410. The van der Waals surface area contributed by atoms with Gasteiger partial charge in [0.15, 0.2) is 0 Å². The standard InChI is InChI=1S/C13H20ClN3/c1-8(2)6-9(3)15-12-7-11(14)16-13(17-12)10-4-5-10/h7-10H,4-6H2,1-3H3,(H,15,16,17). The summed E-state index contributed by atoms with van der Waals surface area (Å²) in [6.07, 6.45) is 3.52. The molecule has 0 amide bonds. The molecule has 3 nitrogen and oxygen atoms in total. The minimum Gasteiger partial charge on any atom is -0.367 e. The fourth-order valence-electron chi connectivity index (χ4n) is 2.05. The van der Waals surface area contributed by atoms with Gasteiger partial charge in [0.2, 0.25) is 0 Å². The van der Waals surface area contributed by atoms with Crippen molar-refractivity contribution in [1.29, 1.82) is 0 Å². The minimum atomic E-state index is 0.410. The van der Waals surface area contributed by atoms with Gasteiger partial charge in [-0.15, -0.1) is 0 Å². The van der Waals surface area contributed by atoms with Gasteiger partial charge in [-0.25, -0.2) is 9.97 Å². The second-order valence-electron chi connectivity index (χ2n) is 5.38. The van der Waals surface area contributed by atoms with E-state index in [0.717, 1.165) is 18.1 Å². The molecule has 1 unspecified atom stereocenters. The molecule has 0 bridgehead atoms. The molecular weight excluding hydrogens is 234 g/mol. The van der Waals surface area contributed by atoms with E-state index in [1.54, 1.807) is 0 Å². The van der Waals surface area contributed by atoms with Crippen molar-refractivity contribution in [2.75, 3.05) is 5.32 Å². The Morgan fingerprint density at radius 2 is 2.06 bits per heavy atom. The Morgan fingerprint density at radius 1 is 1.35 bits per heavy atom. The number of halogens is 1. The summed E-state index contributed by atoms with van der Waals surface area (Å²) in [4.78, 5) is 8.81. The topological polar surface area (TPSA) is 37.8 Å². The van der Waals surface area contributed by atoms with Crippen molar-refractivity contribution in [2.24, 2.45) is 5.92 Å². The maximum atomic E-state index is 6.02. The van der Waals surface area contributed by atoms with Crippen LogP contribution in [0.3, 0.4) is 0 Å². The molecule has 1 N–H and O–H groups in total. The smallest absolute Gasteiger partial charge is 0.135 e. The summed E-state index contributed by atoms with van der Waals surface area (Å²) in [5.74, 6) is 2.98. The summed E-state index contributed by atoms with van der Waals surface area (Å²) in [6.45, 7) is 6.62. The lowest BCUT2D eigenvalue weighted by Crippen LogP contribution is -2.18. The maximum Gasteiger partial charge on any atom is 0.135 e. The lowest BCUT2D eigenvalue weighted by atomic mass is 10.1. The van der Waals surface area contributed by atoms with Crippen LogP contribution in [0.5, 0.6) is 0 Å². The first-order valence-electron chi connectivity index (χ1n) is 6.35. The molecular formula is C13H20ClN3. The summed E-state index contributed by atoms with van der Waals surface area (Å²) in [5.41, 5.74) is 0. The third-order valence-corrected chi connectivity index (χ3v) is 3.07. The number of rotatable bonds is 5. The van der Waals surface area contributed by atoms with E-state index in [4.69, 9.17) is 11.6 Å². The number of anilines is 1. The molecule has 4 heteroatoms. The van der Waals surface area contributed by atoms with E-state index in [9.17, 15) is 0 Å². The predicted molar refractivity (Wildman–Crippen MR) is 71.6 cm³/mol. The number of nitrogens with one attached hydrogen (secondary N) is 1. The highest BCUT2D eigenvalue weighted by Gasteiger charge is 2.27. The molecule has 17 heavy (non-hydrogen) atoms. The molecule has 94 valence electrons. The first-order valence-corrected chi connectivity index (χ1v) is 6.73. The number of hydrogen-bond donors (Lipinski definition) is 1. The monoisotopic (exact) mass is 253 g/mol. The highest BCUT2D eigenvalue weighted by Crippen LogP contribution is 2.38. The normalized spacial score (nSPS) is 17.2. The Balaban J connectivity index is 2.04. The van der Waals surface area contributed by atoms with Crippen LogP contribution < -0.4 is 5.32 Å². The van der Waals surface area contributed by atoms with Crippen LogP contribution in [0.25, 0.3) is 0 Å². The van der Waals surface area contributed by atoms with Crippen molar-refractivity contribution < 1.29 is 0 Å². The third kappa shape index (κ3) is 3.84. The lowest BCUT2D eigenvalue weighted by Gasteiger charge is -2.17. The SMILES string of the molecule is CC(C)CC(C)Nc1cc(Cl)nc(C2CC2)n1. The zero-order valence-electron chi connectivity index (χ0n) is 10.7. The zero-order valence-corrected chi connectivity index (χ0v) is 11.5. The van der Waals surface area contributed by atoms with E-state index in [1.807, 2.05) is 6.07 Å². The molecule has 1 atom stereocenters. The molecule has 1 heterocycles. The fraction of sp³-hybridized carbons (Fsp3) is 0.692. The van der Waals surface area contributed by atoms with Crippen molar-refractivity contribution in [1.82, 2.24) is 9.97 Å². The Morgan fingerprint density at radius 3 is 2.65 bits per heavy atom. The van der Waals surface area contributed by atoms with Gasteiger partial charge in [0.1, 0.15) is 16.8 Å². The number of hydrogen-bond acceptors (Lipinski definition) is 3. The molecule has 0 radical (unpaired) electrons. The van der Waals surface area contributed by atoms with E-state index in [-0.39, 0.29) is 0 Å². The second-order valence-corrected chi connectivity index (χ2v) is 5.77. The van der Waals surface area contributed by atoms with Crippen LogP contribution in [-0.4, -0.2) is 16.0 Å². The molecule has 1 aromatic rings. The molecule has 1 aliphatic carbocycles. The molecule has 0 saturated heterocycles. The molecule has 1 saturated carbocycles. The lowest BCUT2D eigenvalue weighted by molar-refractivity contribution is 0.538. The average Bonchev–Trinajstić information content (AvgIpc) is 2.97. The predicted octanol–water partition coefficient (Wildman–Crippen LogP) is 3.85. The van der Waals surface area contributed by atoms with Gasteiger partial charge < -0.3 is 5.32 Å². The van der Waals surface area contributed by atoms with Crippen molar-refractivity contribution in [3.8, 4) is 0 Å². The molecule has 1 fully saturated rings. The number of nitrogens with zero attached hydrogens (tertiary/aromatic N) is 2. The Hall–Kier alpha value is -0.830. The number of aromatic nitrogens is 2. The quantitative estimate of drug-likeness (QED) is 0.810. The largest absolute Gasteiger partial charge is 0.367 e. The Bertz CT molecular complexity index is 388. The summed E-state index contributed by atoms with van der Waals surface area (Å²) in [7, 11) is 0. The van der Waals surface area contributed by atoms with Gasteiger partial charge in [0.05, 0.1) is 0 Å². The van der Waals surface area contributed by atoms with Crippen LogP contribution >= 0.6 is 11.6 Å². The first kappa shape index (κ1) is 12.6. The summed E-state index contributed by atoms with van der Waals surface area (Å²) in [6, 6.07) is 2.22. The van der Waals surface area contributed by atoms with Crippen LogP contribution in [0.1, 0.15) is 51.8 Å². The van der Waals surface area contributed by atoms with Crippen molar-refractivity contribution in [3.05, 3.63) is 17.0 Å². The summed E-state index contributed by atoms with van der Waals surface area (Å²) < 4.78 is 0. The molecule has 2 rings (SSSR count). The Labute approximate surface area is 108 Å². The van der Waals surface area contributed by atoms with Gasteiger partial charge in [0.25, 0.3) is 0 Å². The summed E-state index contributed by atoms with van der Waals surface area (Å²) >= 11 is 6.02. The molecule has 0 aliphatic heterocycles. The van der Waals surface area contributed by atoms with Gasteiger partial charge in [-0.05, 0) is 32.1 Å². The zero-order chi connectivity index (χ0) is 12.4. The first-order chi connectivity index (χ1) is 8.04. The van der Waals surface area contributed by atoms with E-state index < -0.39 is 0 Å². The van der Waals surface area contributed by atoms with Crippen molar-refractivity contribution >= 4 is 17.4 Å². The van der Waals surface area contributed by atoms with Crippen molar-refractivity contribution in [2.45, 2.75) is 52.0 Å². The second kappa shape index (κ2) is 5.21. The molecule has 1 aliphatic rings. The van der Waals surface area contributed by atoms with Crippen LogP contribution in [-0.2, 0) is 0 Å². The van der Waals surface area contributed by atoms with Gasteiger partial charge in [-0.2, -0.15) is 0 Å². The molecule has 1 aromatic heterocycles. The van der Waals surface area contributed by atoms with Crippen LogP contribution in [0.4, 0.5) is 5.82 Å². The maximum absolute atomic E-state index is 6.02. The van der Waals surface area contributed by atoms with E-state index in [0.29, 0.717) is 23.0 Å². The van der Waals surface area contributed by atoms with E-state index in [1.165, 1.54) is 12.8 Å². The third-order valence-electron chi connectivity index (χ3n) is 2.87. The van der Waals surface area contributed by atoms with Gasteiger partial charge in [-0.3, -0.25) is 0 Å². The van der Waals surface area contributed by atoms with Crippen LogP contribution in [0.15, 0.2) is 6.07 Å². The van der Waals surface area contributed by atoms with E-state index >= 15 is 0 Å².